The largest absolute Gasteiger partial charge is 0.480 e. The third-order valence-corrected chi connectivity index (χ3v) is 7.99. The van der Waals surface area contributed by atoms with Gasteiger partial charge in [-0.1, -0.05) is 36.2 Å². The molecule has 2 unspecified atom stereocenters. The highest BCUT2D eigenvalue weighted by atomic mass is 35.5. The lowest BCUT2D eigenvalue weighted by molar-refractivity contribution is -0.139. The molecule has 9 heteroatoms. The zero-order valence-electron chi connectivity index (χ0n) is 18.0. The van der Waals surface area contributed by atoms with Crippen LogP contribution in [0.3, 0.4) is 0 Å². The molecule has 4 aliphatic carbocycles. The fourth-order valence-electron chi connectivity index (χ4n) is 6.81. The number of amides is 3. The standard InChI is InChI=1S/C23H29Cl2N3O4/c1-22-6-13-5-14(7-22)9-23(8-13,11-22)12-27-21(32)26-10-17(20(30)31)28-19(29)18-15(24)3-2-4-16(18)25/h2-4,13-14,17H,5-12H2,1H3,(H,28,29)(H,30,31)(H2,26,27,32)/t13?,14?,17-,22?,23?/m0/s1. The summed E-state index contributed by atoms with van der Waals surface area (Å²) in [7, 11) is 0. The van der Waals surface area contributed by atoms with E-state index in [0.717, 1.165) is 31.1 Å². The molecule has 4 fully saturated rings. The first kappa shape index (κ1) is 23.2. The van der Waals surface area contributed by atoms with Gasteiger partial charge in [0.1, 0.15) is 6.04 Å². The zero-order chi connectivity index (χ0) is 23.1. The number of carboxylic acids is 1. The third kappa shape index (κ3) is 4.84. The van der Waals surface area contributed by atoms with Crippen molar-refractivity contribution in [2.45, 2.75) is 51.5 Å². The second-order valence-corrected chi connectivity index (χ2v) is 11.1. The molecule has 0 aliphatic heterocycles. The Bertz CT molecular complexity index is 904. The number of carboxylic acid groups (broad SMARTS) is 1. The van der Waals surface area contributed by atoms with Crippen LogP contribution >= 0.6 is 23.2 Å². The molecule has 174 valence electrons. The molecule has 0 spiro atoms. The molecule has 4 aliphatic rings. The second-order valence-electron chi connectivity index (χ2n) is 10.3. The van der Waals surface area contributed by atoms with Crippen LogP contribution in [0.2, 0.25) is 10.0 Å². The van der Waals surface area contributed by atoms with Crippen LogP contribution in [0.15, 0.2) is 18.2 Å². The first-order valence-corrected chi connectivity index (χ1v) is 11.8. The molecule has 4 saturated carbocycles. The minimum Gasteiger partial charge on any atom is -0.480 e. The number of urea groups is 1. The molecule has 0 aromatic heterocycles. The van der Waals surface area contributed by atoms with E-state index in [0.29, 0.717) is 12.0 Å². The lowest BCUT2D eigenvalue weighted by Gasteiger charge is -2.61. The topological polar surface area (TPSA) is 108 Å². The van der Waals surface area contributed by atoms with E-state index in [-0.39, 0.29) is 27.6 Å². The molecular formula is C23H29Cl2N3O4. The average Bonchev–Trinajstić information content (AvgIpc) is 2.67. The van der Waals surface area contributed by atoms with Gasteiger partial charge < -0.3 is 21.1 Å². The molecule has 3 amide bonds. The predicted octanol–water partition coefficient (Wildman–Crippen LogP) is 4.08. The van der Waals surface area contributed by atoms with Crippen molar-refractivity contribution in [2.75, 3.05) is 13.1 Å². The van der Waals surface area contributed by atoms with Gasteiger partial charge in [-0.3, -0.25) is 4.79 Å². The Morgan fingerprint density at radius 3 is 2.28 bits per heavy atom. The molecule has 5 rings (SSSR count). The SMILES string of the molecule is CC12CC3CC(C1)CC(CNC(=O)NC[C@H](NC(=O)c1c(Cl)cccc1Cl)C(=O)O)(C3)C2. The highest BCUT2D eigenvalue weighted by Gasteiger charge is 2.55. The first-order valence-electron chi connectivity index (χ1n) is 11.1. The van der Waals surface area contributed by atoms with Crippen LogP contribution in [0.1, 0.15) is 55.8 Å². The van der Waals surface area contributed by atoms with Crippen molar-refractivity contribution in [1.29, 1.82) is 0 Å². The van der Waals surface area contributed by atoms with Crippen molar-refractivity contribution >= 4 is 41.1 Å². The summed E-state index contributed by atoms with van der Waals surface area (Å²) in [6.07, 6.45) is 7.37. The van der Waals surface area contributed by atoms with E-state index in [1.807, 2.05) is 0 Å². The number of halogens is 2. The number of hydrogen-bond donors (Lipinski definition) is 4. The Balaban J connectivity index is 1.30. The van der Waals surface area contributed by atoms with Gasteiger partial charge in [-0.2, -0.15) is 0 Å². The molecule has 4 N–H and O–H groups in total. The van der Waals surface area contributed by atoms with Gasteiger partial charge in [-0.25, -0.2) is 9.59 Å². The predicted molar refractivity (Wildman–Crippen MR) is 122 cm³/mol. The summed E-state index contributed by atoms with van der Waals surface area (Å²) in [5.74, 6) is -0.462. The summed E-state index contributed by atoms with van der Waals surface area (Å²) in [5.41, 5.74) is 0.542. The van der Waals surface area contributed by atoms with Gasteiger partial charge in [0.05, 0.1) is 22.2 Å². The molecule has 32 heavy (non-hydrogen) atoms. The number of nitrogens with one attached hydrogen (secondary N) is 3. The number of hydrogen-bond acceptors (Lipinski definition) is 3. The van der Waals surface area contributed by atoms with Gasteiger partial charge in [-0.05, 0) is 73.3 Å². The summed E-state index contributed by atoms with van der Waals surface area (Å²) in [6.45, 7) is 2.72. The summed E-state index contributed by atoms with van der Waals surface area (Å²) >= 11 is 12.0. The second kappa shape index (κ2) is 8.75. The maximum absolute atomic E-state index is 12.5. The van der Waals surface area contributed by atoms with E-state index in [2.05, 4.69) is 22.9 Å². The van der Waals surface area contributed by atoms with Gasteiger partial charge in [0, 0.05) is 6.54 Å². The fraction of sp³-hybridized carbons (Fsp3) is 0.609. The first-order chi connectivity index (χ1) is 15.1. The number of rotatable bonds is 7. The minimum absolute atomic E-state index is 0.00171. The van der Waals surface area contributed by atoms with Crippen LogP contribution in [0.25, 0.3) is 0 Å². The molecule has 1 aromatic rings. The van der Waals surface area contributed by atoms with E-state index in [1.54, 1.807) is 6.07 Å². The van der Waals surface area contributed by atoms with E-state index < -0.39 is 23.9 Å². The Labute approximate surface area is 197 Å². The average molecular weight is 482 g/mol. The number of benzene rings is 1. The summed E-state index contributed by atoms with van der Waals surface area (Å²) in [4.78, 5) is 36.5. The molecule has 7 nitrogen and oxygen atoms in total. The van der Waals surface area contributed by atoms with E-state index in [9.17, 15) is 19.5 Å². The van der Waals surface area contributed by atoms with Crippen molar-refractivity contribution in [3.63, 3.8) is 0 Å². The van der Waals surface area contributed by atoms with Crippen molar-refractivity contribution < 1.29 is 19.5 Å². The lowest BCUT2D eigenvalue weighted by Crippen LogP contribution is -2.56. The normalized spacial score (nSPS) is 31.1. The molecule has 1 aromatic carbocycles. The third-order valence-electron chi connectivity index (χ3n) is 7.36. The minimum atomic E-state index is -1.32. The van der Waals surface area contributed by atoms with E-state index in [4.69, 9.17) is 23.2 Å². The smallest absolute Gasteiger partial charge is 0.328 e. The lowest BCUT2D eigenvalue weighted by atomic mass is 9.44. The quantitative estimate of drug-likeness (QED) is 0.470. The molecule has 0 heterocycles. The molecule has 0 saturated heterocycles. The number of carbonyl (C=O) groups excluding carboxylic acids is 2. The Kier molecular flexibility index (Phi) is 6.34. The van der Waals surface area contributed by atoms with Gasteiger partial charge in [-0.15, -0.1) is 0 Å². The maximum atomic E-state index is 12.5. The van der Waals surface area contributed by atoms with Crippen molar-refractivity contribution in [1.82, 2.24) is 16.0 Å². The Hall–Kier alpha value is -1.99. The van der Waals surface area contributed by atoms with Crippen LogP contribution in [-0.4, -0.2) is 42.1 Å². The Morgan fingerprint density at radius 1 is 1.09 bits per heavy atom. The van der Waals surface area contributed by atoms with Crippen LogP contribution in [0, 0.1) is 22.7 Å². The van der Waals surface area contributed by atoms with Crippen molar-refractivity contribution in [2.24, 2.45) is 22.7 Å². The number of aliphatic carboxylic acids is 1. The highest BCUT2D eigenvalue weighted by molar-refractivity contribution is 6.39. The van der Waals surface area contributed by atoms with Crippen LogP contribution < -0.4 is 16.0 Å². The fourth-order valence-corrected chi connectivity index (χ4v) is 7.37. The highest BCUT2D eigenvalue weighted by Crippen LogP contribution is 2.64. The molecule has 4 bridgehead atoms. The van der Waals surface area contributed by atoms with Crippen LogP contribution in [-0.2, 0) is 4.79 Å². The molecular weight excluding hydrogens is 453 g/mol. The van der Waals surface area contributed by atoms with E-state index >= 15 is 0 Å². The van der Waals surface area contributed by atoms with Crippen LogP contribution in [0.4, 0.5) is 4.79 Å². The van der Waals surface area contributed by atoms with Gasteiger partial charge in [0.2, 0.25) is 0 Å². The van der Waals surface area contributed by atoms with Crippen molar-refractivity contribution in [3.8, 4) is 0 Å². The summed E-state index contributed by atoms with van der Waals surface area (Å²) in [5, 5.41) is 17.6. The zero-order valence-corrected chi connectivity index (χ0v) is 19.6. The summed E-state index contributed by atoms with van der Waals surface area (Å²) in [6, 6.07) is 2.83. The van der Waals surface area contributed by atoms with Crippen molar-refractivity contribution in [3.05, 3.63) is 33.8 Å². The Morgan fingerprint density at radius 2 is 1.72 bits per heavy atom. The summed E-state index contributed by atoms with van der Waals surface area (Å²) < 4.78 is 0. The molecule has 3 atom stereocenters. The van der Waals surface area contributed by atoms with E-state index in [1.165, 1.54) is 31.4 Å². The van der Waals surface area contributed by atoms with Gasteiger partial charge in [0.15, 0.2) is 0 Å². The van der Waals surface area contributed by atoms with Gasteiger partial charge >= 0.3 is 12.0 Å². The number of carbonyl (C=O) groups is 3. The molecule has 0 radical (unpaired) electrons. The van der Waals surface area contributed by atoms with Crippen LogP contribution in [0.5, 0.6) is 0 Å². The monoisotopic (exact) mass is 481 g/mol. The van der Waals surface area contributed by atoms with Gasteiger partial charge in [0.25, 0.3) is 5.91 Å². The maximum Gasteiger partial charge on any atom is 0.328 e.